The van der Waals surface area contributed by atoms with Crippen molar-refractivity contribution in [2.24, 2.45) is 0 Å². The highest BCUT2D eigenvalue weighted by Gasteiger charge is 2.32. The number of nitrogens with zero attached hydrogens (tertiary/aromatic N) is 1. The van der Waals surface area contributed by atoms with Gasteiger partial charge >= 0.3 is 6.36 Å². The lowest BCUT2D eigenvalue weighted by molar-refractivity contribution is -0.274. The van der Waals surface area contributed by atoms with Crippen LogP contribution in [0.5, 0.6) is 5.75 Å². The maximum atomic E-state index is 12.6. The van der Waals surface area contributed by atoms with Crippen molar-refractivity contribution in [3.05, 3.63) is 59.7 Å². The van der Waals surface area contributed by atoms with Gasteiger partial charge in [0.2, 0.25) is 0 Å². The lowest BCUT2D eigenvalue weighted by Gasteiger charge is -2.12. The topological polar surface area (TPSA) is 35.3 Å². The number of pyridine rings is 1. The van der Waals surface area contributed by atoms with Crippen LogP contribution in [0, 0.1) is 13.8 Å². The van der Waals surface area contributed by atoms with Crippen molar-refractivity contribution in [1.82, 2.24) is 4.98 Å². The highest BCUT2D eigenvalue weighted by Crippen LogP contribution is 2.36. The Labute approximate surface area is 147 Å². The normalized spacial score (nSPS) is 12.0. The summed E-state index contributed by atoms with van der Waals surface area (Å²) >= 11 is 0. The van der Waals surface area contributed by atoms with Crippen LogP contribution in [0.1, 0.15) is 11.1 Å². The summed E-state index contributed by atoms with van der Waals surface area (Å²) in [5.74, 6) is 0.341. The number of hydrogen-bond acceptors (Lipinski definition) is 3. The minimum atomic E-state index is -4.75. The first-order valence-corrected chi connectivity index (χ1v) is 7.98. The summed E-state index contributed by atoms with van der Waals surface area (Å²) in [6.07, 6.45) is -4.75. The van der Waals surface area contributed by atoms with E-state index in [0.29, 0.717) is 22.4 Å². The van der Waals surface area contributed by atoms with Crippen molar-refractivity contribution in [2.75, 3.05) is 0 Å². The van der Waals surface area contributed by atoms with Gasteiger partial charge in [-0.3, -0.25) is 0 Å². The molecule has 6 heteroatoms. The first-order valence-electron chi connectivity index (χ1n) is 7.98. The average molecular weight is 357 g/mol. The maximum Gasteiger partial charge on any atom is 0.573 e. The van der Waals surface area contributed by atoms with Crippen LogP contribution in [0.15, 0.2) is 52.9 Å². The van der Waals surface area contributed by atoms with Crippen molar-refractivity contribution < 1.29 is 22.3 Å². The van der Waals surface area contributed by atoms with Gasteiger partial charge in [-0.25, -0.2) is 4.98 Å². The van der Waals surface area contributed by atoms with Crippen LogP contribution >= 0.6 is 0 Å². The molecule has 0 spiro atoms. The highest BCUT2D eigenvalue weighted by molar-refractivity contribution is 5.91. The second-order valence-corrected chi connectivity index (χ2v) is 6.07. The molecule has 132 valence electrons. The Hall–Kier alpha value is -3.02. The molecular weight excluding hydrogens is 343 g/mol. The molecule has 0 saturated carbocycles. The van der Waals surface area contributed by atoms with Gasteiger partial charge in [-0.15, -0.1) is 13.2 Å². The number of para-hydroxylation sites is 1. The molecule has 2 aromatic carbocycles. The SMILES string of the molecule is Cc1c(-c2ccc3c(OC(F)(F)F)ccc(C)c3n2)oc2ccccc12. The predicted molar refractivity (Wildman–Crippen MR) is 93.1 cm³/mol. The van der Waals surface area contributed by atoms with Crippen LogP contribution in [0.3, 0.4) is 0 Å². The van der Waals surface area contributed by atoms with Gasteiger partial charge in [0.25, 0.3) is 0 Å². The Morgan fingerprint density at radius 3 is 2.42 bits per heavy atom. The molecule has 0 aliphatic heterocycles. The number of halogens is 3. The number of aryl methyl sites for hydroxylation is 2. The second kappa shape index (κ2) is 5.76. The molecule has 0 unspecified atom stereocenters. The van der Waals surface area contributed by atoms with E-state index in [0.717, 1.165) is 22.1 Å². The van der Waals surface area contributed by atoms with Crippen LogP contribution in [0.2, 0.25) is 0 Å². The molecule has 0 atom stereocenters. The first-order chi connectivity index (χ1) is 12.3. The summed E-state index contributed by atoms with van der Waals surface area (Å²) in [7, 11) is 0. The molecule has 0 saturated heterocycles. The fourth-order valence-corrected chi connectivity index (χ4v) is 3.09. The van der Waals surface area contributed by atoms with E-state index in [1.807, 2.05) is 31.2 Å². The zero-order valence-corrected chi connectivity index (χ0v) is 14.0. The standard InChI is InChI=1S/C20H14F3NO2/c1-11-7-10-17(26-20(21,22)23)14-8-9-15(24-18(11)14)19-12(2)13-5-3-4-6-16(13)25-19/h3-10H,1-2H3. The van der Waals surface area contributed by atoms with Gasteiger partial charge in [0.1, 0.15) is 17.0 Å². The zero-order valence-electron chi connectivity index (χ0n) is 14.0. The fraction of sp³-hybridized carbons (Fsp3) is 0.150. The highest BCUT2D eigenvalue weighted by atomic mass is 19.4. The van der Waals surface area contributed by atoms with E-state index in [9.17, 15) is 13.2 Å². The van der Waals surface area contributed by atoms with Crippen LogP contribution in [-0.4, -0.2) is 11.3 Å². The van der Waals surface area contributed by atoms with E-state index in [1.165, 1.54) is 6.07 Å². The number of alkyl halides is 3. The number of ether oxygens (including phenoxy) is 1. The van der Waals surface area contributed by atoms with Gasteiger partial charge in [0, 0.05) is 16.3 Å². The molecule has 2 heterocycles. The molecule has 3 nitrogen and oxygen atoms in total. The van der Waals surface area contributed by atoms with Gasteiger partial charge < -0.3 is 9.15 Å². The molecule has 0 aliphatic rings. The van der Waals surface area contributed by atoms with Crippen LogP contribution in [-0.2, 0) is 0 Å². The summed E-state index contributed by atoms with van der Waals surface area (Å²) in [5.41, 5.74) is 3.45. The van der Waals surface area contributed by atoms with E-state index in [2.05, 4.69) is 9.72 Å². The number of aromatic nitrogens is 1. The molecule has 4 aromatic rings. The molecule has 0 radical (unpaired) electrons. The van der Waals surface area contributed by atoms with Gasteiger partial charge in [-0.05, 0) is 43.7 Å². The van der Waals surface area contributed by atoms with Gasteiger partial charge in [0.05, 0.1) is 5.52 Å². The van der Waals surface area contributed by atoms with Gasteiger partial charge in [-0.1, -0.05) is 24.3 Å². The van der Waals surface area contributed by atoms with Crippen molar-refractivity contribution in [2.45, 2.75) is 20.2 Å². The summed E-state index contributed by atoms with van der Waals surface area (Å²) in [5, 5.41) is 1.29. The summed E-state index contributed by atoms with van der Waals surface area (Å²) < 4.78 is 47.9. The summed E-state index contributed by atoms with van der Waals surface area (Å²) in [6, 6.07) is 13.7. The van der Waals surface area contributed by atoms with E-state index in [-0.39, 0.29) is 5.75 Å². The zero-order chi connectivity index (χ0) is 18.5. The number of benzene rings is 2. The maximum absolute atomic E-state index is 12.6. The number of fused-ring (bicyclic) bond motifs is 2. The Balaban J connectivity index is 1.90. The predicted octanol–water partition coefficient (Wildman–Crippen LogP) is 6.16. The summed E-state index contributed by atoms with van der Waals surface area (Å²) in [4.78, 5) is 4.55. The molecular formula is C20H14F3NO2. The van der Waals surface area contributed by atoms with Gasteiger partial charge in [-0.2, -0.15) is 0 Å². The monoisotopic (exact) mass is 357 g/mol. The first kappa shape index (κ1) is 16.4. The van der Waals surface area contributed by atoms with Gasteiger partial charge in [0.15, 0.2) is 5.76 Å². The third-order valence-electron chi connectivity index (χ3n) is 4.32. The fourth-order valence-electron chi connectivity index (χ4n) is 3.09. The number of furan rings is 1. The average Bonchev–Trinajstić information content (AvgIpc) is 2.93. The van der Waals surface area contributed by atoms with Crippen molar-refractivity contribution in [1.29, 1.82) is 0 Å². The van der Waals surface area contributed by atoms with Crippen LogP contribution in [0.4, 0.5) is 13.2 Å². The Morgan fingerprint density at radius 1 is 0.923 bits per heavy atom. The Kier molecular flexibility index (Phi) is 3.64. The summed E-state index contributed by atoms with van der Waals surface area (Å²) in [6.45, 7) is 3.73. The lowest BCUT2D eigenvalue weighted by Crippen LogP contribution is -2.17. The lowest BCUT2D eigenvalue weighted by atomic mass is 10.1. The minimum Gasteiger partial charge on any atom is -0.454 e. The smallest absolute Gasteiger partial charge is 0.454 e. The largest absolute Gasteiger partial charge is 0.573 e. The molecule has 0 fully saturated rings. The van der Waals surface area contributed by atoms with Crippen molar-refractivity contribution in [3.8, 4) is 17.2 Å². The second-order valence-electron chi connectivity index (χ2n) is 6.07. The molecule has 0 N–H and O–H groups in total. The van der Waals surface area contributed by atoms with Crippen LogP contribution < -0.4 is 4.74 Å². The molecule has 4 rings (SSSR count). The molecule has 0 amide bonds. The third-order valence-corrected chi connectivity index (χ3v) is 4.32. The van der Waals surface area contributed by atoms with Crippen LogP contribution in [0.25, 0.3) is 33.3 Å². The number of rotatable bonds is 2. The minimum absolute atomic E-state index is 0.265. The van der Waals surface area contributed by atoms with E-state index in [4.69, 9.17) is 4.42 Å². The molecule has 2 aromatic heterocycles. The quantitative estimate of drug-likeness (QED) is 0.431. The van der Waals surface area contributed by atoms with E-state index >= 15 is 0 Å². The molecule has 26 heavy (non-hydrogen) atoms. The van der Waals surface area contributed by atoms with E-state index < -0.39 is 6.36 Å². The third kappa shape index (κ3) is 2.77. The molecule has 0 aliphatic carbocycles. The van der Waals surface area contributed by atoms with Crippen molar-refractivity contribution in [3.63, 3.8) is 0 Å². The molecule has 0 bridgehead atoms. The van der Waals surface area contributed by atoms with E-state index in [1.54, 1.807) is 25.1 Å². The Bertz CT molecular complexity index is 1130. The number of hydrogen-bond donors (Lipinski definition) is 0. The Morgan fingerprint density at radius 2 is 1.69 bits per heavy atom. The van der Waals surface area contributed by atoms with Crippen molar-refractivity contribution >= 4 is 21.9 Å².